The minimum atomic E-state index is 0.0355. The van der Waals surface area contributed by atoms with E-state index in [2.05, 4.69) is 5.32 Å². The van der Waals surface area contributed by atoms with E-state index in [4.69, 9.17) is 0 Å². The summed E-state index contributed by atoms with van der Waals surface area (Å²) in [5.41, 5.74) is 0.696. The first kappa shape index (κ1) is 10.2. The van der Waals surface area contributed by atoms with Crippen molar-refractivity contribution in [2.45, 2.75) is 11.7 Å². The third-order valence-electron chi connectivity index (χ3n) is 2.22. The van der Waals surface area contributed by atoms with Crippen molar-refractivity contribution in [1.29, 1.82) is 0 Å². The Morgan fingerprint density at radius 1 is 1.33 bits per heavy atom. The number of hydrogen-bond donors (Lipinski definition) is 1. The van der Waals surface area contributed by atoms with E-state index in [1.165, 1.54) is 11.8 Å². The second-order valence-electron chi connectivity index (χ2n) is 3.40. The number of rotatable bonds is 2. The van der Waals surface area contributed by atoms with Gasteiger partial charge in [0.05, 0.1) is 0 Å². The lowest BCUT2D eigenvalue weighted by Crippen LogP contribution is -2.15. The highest BCUT2D eigenvalue weighted by molar-refractivity contribution is 8.14. The van der Waals surface area contributed by atoms with Crippen molar-refractivity contribution in [1.82, 2.24) is 5.32 Å². The molecule has 1 aliphatic heterocycles. The van der Waals surface area contributed by atoms with Crippen LogP contribution in [-0.4, -0.2) is 22.8 Å². The molecule has 1 unspecified atom stereocenters. The van der Waals surface area contributed by atoms with Crippen molar-refractivity contribution in [3.05, 3.63) is 35.9 Å². The zero-order chi connectivity index (χ0) is 10.7. The molecule has 3 nitrogen and oxygen atoms in total. The molecule has 1 aromatic rings. The summed E-state index contributed by atoms with van der Waals surface area (Å²) in [6.07, 6.45) is 0.448. The fourth-order valence-electron chi connectivity index (χ4n) is 1.46. The maximum atomic E-state index is 11.7. The third kappa shape index (κ3) is 2.59. The number of carbonyl (C=O) groups excluding carboxylic acids is 2. The van der Waals surface area contributed by atoms with Gasteiger partial charge in [-0.25, -0.2) is 0 Å². The molecule has 1 atom stereocenters. The number of benzene rings is 1. The van der Waals surface area contributed by atoms with Crippen LogP contribution >= 0.6 is 11.8 Å². The molecule has 1 aliphatic rings. The van der Waals surface area contributed by atoms with Gasteiger partial charge in [-0.1, -0.05) is 42.1 Å². The van der Waals surface area contributed by atoms with Gasteiger partial charge in [0.2, 0.25) is 11.0 Å². The van der Waals surface area contributed by atoms with Gasteiger partial charge in [-0.05, 0) is 0 Å². The summed E-state index contributed by atoms with van der Waals surface area (Å²) in [6.45, 7) is 0.599. The van der Waals surface area contributed by atoms with Gasteiger partial charge in [0.15, 0.2) is 0 Å². The molecular weight excluding hydrogens is 210 g/mol. The quantitative estimate of drug-likeness (QED) is 0.822. The number of amides is 1. The van der Waals surface area contributed by atoms with Gasteiger partial charge in [0.25, 0.3) is 0 Å². The Morgan fingerprint density at radius 2 is 2.07 bits per heavy atom. The van der Waals surface area contributed by atoms with Crippen LogP contribution in [0.3, 0.4) is 0 Å². The van der Waals surface area contributed by atoms with E-state index in [1.807, 2.05) is 18.2 Å². The largest absolute Gasteiger partial charge is 0.355 e. The molecule has 78 valence electrons. The van der Waals surface area contributed by atoms with Gasteiger partial charge < -0.3 is 5.32 Å². The molecule has 0 aromatic heterocycles. The van der Waals surface area contributed by atoms with Gasteiger partial charge in [-0.3, -0.25) is 9.59 Å². The Morgan fingerprint density at radius 3 is 2.67 bits per heavy atom. The van der Waals surface area contributed by atoms with E-state index < -0.39 is 0 Å². The molecule has 1 heterocycles. The van der Waals surface area contributed by atoms with Crippen molar-refractivity contribution >= 4 is 22.8 Å². The molecule has 4 heteroatoms. The minimum Gasteiger partial charge on any atom is -0.355 e. The number of nitrogens with one attached hydrogen (secondary N) is 1. The zero-order valence-corrected chi connectivity index (χ0v) is 8.92. The average Bonchev–Trinajstić information content (AvgIpc) is 2.65. The zero-order valence-electron chi connectivity index (χ0n) is 8.10. The van der Waals surface area contributed by atoms with Crippen LogP contribution in [0, 0.1) is 0 Å². The first-order valence-corrected chi connectivity index (χ1v) is 5.66. The van der Waals surface area contributed by atoms with Crippen molar-refractivity contribution < 1.29 is 9.59 Å². The normalized spacial score (nSPS) is 20.0. The first-order valence-electron chi connectivity index (χ1n) is 4.78. The summed E-state index contributed by atoms with van der Waals surface area (Å²) in [4.78, 5) is 22.7. The van der Waals surface area contributed by atoms with Gasteiger partial charge in [-0.2, -0.15) is 0 Å². The predicted molar refractivity (Wildman–Crippen MR) is 59.8 cm³/mol. The number of thioether (sulfide) groups is 1. The first-order chi connectivity index (χ1) is 7.25. The summed E-state index contributed by atoms with van der Waals surface area (Å²) >= 11 is 1.24. The fraction of sp³-hybridized carbons (Fsp3) is 0.273. The highest BCUT2D eigenvalue weighted by Gasteiger charge is 2.24. The van der Waals surface area contributed by atoms with E-state index in [1.54, 1.807) is 12.1 Å². The molecule has 0 radical (unpaired) electrons. The van der Waals surface area contributed by atoms with Crippen molar-refractivity contribution in [2.75, 3.05) is 6.54 Å². The summed E-state index contributed by atoms with van der Waals surface area (Å²) in [5, 5.41) is 2.84. The Bertz CT molecular complexity index is 377. The molecule has 1 fully saturated rings. The van der Waals surface area contributed by atoms with E-state index in [0.717, 1.165) is 0 Å². The average molecular weight is 221 g/mol. The minimum absolute atomic E-state index is 0.0355. The SMILES string of the molecule is O=C1CC(SC(=O)c2ccccc2)CN1. The molecule has 1 aromatic carbocycles. The molecule has 15 heavy (non-hydrogen) atoms. The van der Waals surface area contributed by atoms with E-state index in [9.17, 15) is 9.59 Å². The van der Waals surface area contributed by atoms with Gasteiger partial charge in [-0.15, -0.1) is 0 Å². The molecule has 1 N–H and O–H groups in total. The Kier molecular flexibility index (Phi) is 3.06. The van der Waals surface area contributed by atoms with E-state index in [0.29, 0.717) is 18.5 Å². The Balaban J connectivity index is 1.96. The molecule has 0 aliphatic carbocycles. The highest BCUT2D eigenvalue weighted by atomic mass is 32.2. The highest BCUT2D eigenvalue weighted by Crippen LogP contribution is 2.22. The maximum Gasteiger partial charge on any atom is 0.221 e. The van der Waals surface area contributed by atoms with E-state index in [-0.39, 0.29) is 16.3 Å². The van der Waals surface area contributed by atoms with Gasteiger partial charge in [0, 0.05) is 23.8 Å². The lowest BCUT2D eigenvalue weighted by molar-refractivity contribution is -0.119. The Labute approximate surface area is 92.2 Å². The van der Waals surface area contributed by atoms with Crippen LogP contribution in [0.1, 0.15) is 16.8 Å². The molecule has 0 saturated carbocycles. The predicted octanol–water partition coefficient (Wildman–Crippen LogP) is 1.45. The van der Waals surface area contributed by atoms with Gasteiger partial charge in [0.1, 0.15) is 0 Å². The van der Waals surface area contributed by atoms with Gasteiger partial charge >= 0.3 is 0 Å². The lowest BCUT2D eigenvalue weighted by Gasteiger charge is -2.04. The van der Waals surface area contributed by atoms with Crippen LogP contribution in [0.5, 0.6) is 0 Å². The fourth-order valence-corrected chi connectivity index (χ4v) is 2.43. The van der Waals surface area contributed by atoms with Crippen LogP contribution in [0.25, 0.3) is 0 Å². The molecule has 0 bridgehead atoms. The van der Waals surface area contributed by atoms with Crippen LogP contribution < -0.4 is 5.32 Å². The molecule has 1 saturated heterocycles. The summed E-state index contributed by atoms with van der Waals surface area (Å²) in [5.74, 6) is 0.0355. The molecular formula is C11H11NO2S. The monoisotopic (exact) mass is 221 g/mol. The van der Waals surface area contributed by atoms with Crippen molar-refractivity contribution in [3.63, 3.8) is 0 Å². The smallest absolute Gasteiger partial charge is 0.221 e. The lowest BCUT2D eigenvalue weighted by atomic mass is 10.2. The second kappa shape index (κ2) is 4.49. The number of carbonyl (C=O) groups is 2. The van der Waals surface area contributed by atoms with Crippen molar-refractivity contribution in [3.8, 4) is 0 Å². The van der Waals surface area contributed by atoms with Crippen LogP contribution in [0.2, 0.25) is 0 Å². The standard InChI is InChI=1S/C11H11NO2S/c13-10-6-9(7-12-10)15-11(14)8-4-2-1-3-5-8/h1-5,9H,6-7H2,(H,12,13). The second-order valence-corrected chi connectivity index (χ2v) is 4.67. The molecule has 1 amide bonds. The maximum absolute atomic E-state index is 11.7. The summed E-state index contributed by atoms with van der Waals surface area (Å²) < 4.78 is 0. The number of hydrogen-bond acceptors (Lipinski definition) is 3. The summed E-state index contributed by atoms with van der Waals surface area (Å²) in [7, 11) is 0. The molecule has 2 rings (SSSR count). The van der Waals surface area contributed by atoms with Crippen LogP contribution in [0.15, 0.2) is 30.3 Å². The summed E-state index contributed by atoms with van der Waals surface area (Å²) in [6, 6.07) is 9.14. The topological polar surface area (TPSA) is 46.2 Å². The third-order valence-corrected chi connectivity index (χ3v) is 3.34. The van der Waals surface area contributed by atoms with E-state index >= 15 is 0 Å². The van der Waals surface area contributed by atoms with Crippen LogP contribution in [0.4, 0.5) is 0 Å². The van der Waals surface area contributed by atoms with Crippen LogP contribution in [-0.2, 0) is 4.79 Å². The van der Waals surface area contributed by atoms with Crippen molar-refractivity contribution in [2.24, 2.45) is 0 Å². The molecule has 0 spiro atoms. The Hall–Kier alpha value is -1.29.